The maximum absolute atomic E-state index is 12.3. The van der Waals surface area contributed by atoms with Crippen molar-refractivity contribution < 1.29 is 19.1 Å². The Morgan fingerprint density at radius 2 is 2.00 bits per heavy atom. The van der Waals surface area contributed by atoms with Gasteiger partial charge in [0.25, 0.3) is 5.91 Å². The molecule has 0 aromatic carbocycles. The van der Waals surface area contributed by atoms with Gasteiger partial charge in [-0.2, -0.15) is 0 Å². The van der Waals surface area contributed by atoms with Crippen LogP contribution in [0.5, 0.6) is 0 Å². The predicted molar refractivity (Wildman–Crippen MR) is 83.0 cm³/mol. The SMILES string of the molecule is Cc1ccc(-c2nc(C)c(C(=O)N[C@H](C(=O)O)C(C)C)s2)o1. The fraction of sp³-hybridized carbons (Fsp3) is 0.400. The smallest absolute Gasteiger partial charge is 0.326 e. The summed E-state index contributed by atoms with van der Waals surface area (Å²) in [5.41, 5.74) is 0.555. The second-order valence-corrected chi connectivity index (χ2v) is 6.38. The summed E-state index contributed by atoms with van der Waals surface area (Å²) in [6.45, 7) is 7.04. The fourth-order valence-electron chi connectivity index (χ4n) is 1.98. The van der Waals surface area contributed by atoms with Crippen molar-refractivity contribution in [3.63, 3.8) is 0 Å². The molecular formula is C15H18N2O4S. The molecule has 0 saturated heterocycles. The highest BCUT2D eigenvalue weighted by Crippen LogP contribution is 2.29. The van der Waals surface area contributed by atoms with Crippen LogP contribution in [0, 0.1) is 19.8 Å². The summed E-state index contributed by atoms with van der Waals surface area (Å²) >= 11 is 1.19. The number of nitrogens with one attached hydrogen (secondary N) is 1. The van der Waals surface area contributed by atoms with Gasteiger partial charge in [-0.1, -0.05) is 13.8 Å². The summed E-state index contributed by atoms with van der Waals surface area (Å²) in [6, 6.07) is 2.69. The normalized spacial score (nSPS) is 12.4. The quantitative estimate of drug-likeness (QED) is 0.883. The first-order chi connectivity index (χ1) is 10.3. The van der Waals surface area contributed by atoms with Crippen molar-refractivity contribution >= 4 is 23.2 Å². The van der Waals surface area contributed by atoms with E-state index in [9.17, 15) is 9.59 Å². The lowest BCUT2D eigenvalue weighted by Gasteiger charge is -2.17. The van der Waals surface area contributed by atoms with Crippen LogP contribution in [0.15, 0.2) is 16.5 Å². The molecule has 2 N–H and O–H groups in total. The Kier molecular flexibility index (Phi) is 4.65. The van der Waals surface area contributed by atoms with Crippen molar-refractivity contribution in [1.29, 1.82) is 0 Å². The predicted octanol–water partition coefficient (Wildman–Crippen LogP) is 2.86. The standard InChI is InChI=1S/C15H18N2O4S/c1-7(2)11(15(19)20)17-13(18)12-9(4)16-14(22-12)10-6-5-8(3)21-10/h5-7,11H,1-4H3,(H,17,18)(H,19,20)/t11-/m0/s1. The molecule has 0 unspecified atom stereocenters. The highest BCUT2D eigenvalue weighted by Gasteiger charge is 2.26. The number of rotatable bonds is 5. The molecule has 0 saturated carbocycles. The van der Waals surface area contributed by atoms with Crippen LogP contribution in [-0.2, 0) is 4.79 Å². The molecule has 0 aliphatic carbocycles. The number of aryl methyl sites for hydroxylation is 2. The van der Waals surface area contributed by atoms with Crippen LogP contribution in [0.3, 0.4) is 0 Å². The van der Waals surface area contributed by atoms with Crippen LogP contribution in [0.1, 0.15) is 35.0 Å². The molecule has 0 fully saturated rings. The number of amides is 1. The molecule has 2 rings (SSSR count). The van der Waals surface area contributed by atoms with E-state index in [4.69, 9.17) is 9.52 Å². The monoisotopic (exact) mass is 322 g/mol. The van der Waals surface area contributed by atoms with Gasteiger partial charge in [-0.3, -0.25) is 4.79 Å². The zero-order chi connectivity index (χ0) is 16.4. The van der Waals surface area contributed by atoms with Crippen molar-refractivity contribution in [2.24, 2.45) is 5.92 Å². The van der Waals surface area contributed by atoms with Gasteiger partial charge in [0.15, 0.2) is 10.8 Å². The molecule has 0 aliphatic heterocycles. The Balaban J connectivity index is 2.24. The lowest BCUT2D eigenvalue weighted by molar-refractivity contribution is -0.140. The van der Waals surface area contributed by atoms with E-state index in [-0.39, 0.29) is 5.92 Å². The molecule has 22 heavy (non-hydrogen) atoms. The number of carbonyl (C=O) groups is 2. The van der Waals surface area contributed by atoms with E-state index < -0.39 is 17.9 Å². The second-order valence-electron chi connectivity index (χ2n) is 5.38. The maximum atomic E-state index is 12.3. The molecule has 0 spiro atoms. The molecule has 7 heteroatoms. The fourth-order valence-corrected chi connectivity index (χ4v) is 2.91. The van der Waals surface area contributed by atoms with Crippen LogP contribution in [0.2, 0.25) is 0 Å². The average molecular weight is 322 g/mol. The zero-order valence-electron chi connectivity index (χ0n) is 12.8. The summed E-state index contributed by atoms with van der Waals surface area (Å²) in [4.78, 5) is 28.2. The maximum Gasteiger partial charge on any atom is 0.326 e. The summed E-state index contributed by atoms with van der Waals surface area (Å²) in [6.07, 6.45) is 0. The van der Waals surface area contributed by atoms with Crippen LogP contribution in [0.25, 0.3) is 10.8 Å². The number of furan rings is 1. The molecule has 2 aromatic rings. The van der Waals surface area contributed by atoms with Crippen molar-refractivity contribution in [1.82, 2.24) is 10.3 Å². The number of nitrogens with zero attached hydrogens (tertiary/aromatic N) is 1. The Morgan fingerprint density at radius 3 is 2.50 bits per heavy atom. The third-order valence-electron chi connectivity index (χ3n) is 3.17. The molecule has 2 heterocycles. The zero-order valence-corrected chi connectivity index (χ0v) is 13.7. The number of thiazole rings is 1. The van der Waals surface area contributed by atoms with Gasteiger partial charge in [-0.05, 0) is 31.9 Å². The minimum atomic E-state index is -1.05. The first-order valence-corrected chi connectivity index (χ1v) is 7.69. The first-order valence-electron chi connectivity index (χ1n) is 6.87. The van der Waals surface area contributed by atoms with Gasteiger partial charge in [0.1, 0.15) is 16.7 Å². The number of aliphatic carboxylic acids is 1. The number of aromatic nitrogens is 1. The molecule has 2 aromatic heterocycles. The molecule has 0 bridgehead atoms. The van der Waals surface area contributed by atoms with Crippen LogP contribution < -0.4 is 5.32 Å². The number of carboxylic acids is 1. The number of carboxylic acid groups (broad SMARTS) is 1. The van der Waals surface area contributed by atoms with Gasteiger partial charge in [0.2, 0.25) is 0 Å². The van der Waals surface area contributed by atoms with Gasteiger partial charge in [0, 0.05) is 0 Å². The Morgan fingerprint density at radius 1 is 1.32 bits per heavy atom. The summed E-state index contributed by atoms with van der Waals surface area (Å²) < 4.78 is 5.50. The second kappa shape index (κ2) is 6.31. The molecule has 118 valence electrons. The Labute approximate surface area is 132 Å². The van der Waals surface area contributed by atoms with Gasteiger partial charge in [-0.15, -0.1) is 11.3 Å². The van der Waals surface area contributed by atoms with Crippen molar-refractivity contribution in [2.45, 2.75) is 33.7 Å². The van der Waals surface area contributed by atoms with E-state index in [1.165, 1.54) is 11.3 Å². The van der Waals surface area contributed by atoms with E-state index in [1.807, 2.05) is 13.0 Å². The number of carbonyl (C=O) groups excluding carboxylic acids is 1. The molecular weight excluding hydrogens is 304 g/mol. The lowest BCUT2D eigenvalue weighted by Crippen LogP contribution is -2.44. The third kappa shape index (κ3) is 3.36. The molecule has 0 radical (unpaired) electrons. The van der Waals surface area contributed by atoms with Gasteiger partial charge in [0.05, 0.1) is 5.69 Å². The minimum Gasteiger partial charge on any atom is -0.480 e. The van der Waals surface area contributed by atoms with E-state index in [2.05, 4.69) is 10.3 Å². The van der Waals surface area contributed by atoms with E-state index in [1.54, 1.807) is 26.8 Å². The first kappa shape index (κ1) is 16.2. The third-order valence-corrected chi connectivity index (χ3v) is 4.34. The molecule has 6 nitrogen and oxygen atoms in total. The van der Waals surface area contributed by atoms with E-state index in [0.29, 0.717) is 21.3 Å². The molecule has 0 aliphatic rings. The summed E-state index contributed by atoms with van der Waals surface area (Å²) in [5.74, 6) is -0.317. The van der Waals surface area contributed by atoms with Crippen LogP contribution in [0.4, 0.5) is 0 Å². The van der Waals surface area contributed by atoms with Gasteiger partial charge >= 0.3 is 5.97 Å². The lowest BCUT2D eigenvalue weighted by atomic mass is 10.0. The summed E-state index contributed by atoms with van der Waals surface area (Å²) in [7, 11) is 0. The van der Waals surface area contributed by atoms with Crippen molar-refractivity contribution in [3.05, 3.63) is 28.5 Å². The van der Waals surface area contributed by atoms with Crippen LogP contribution >= 0.6 is 11.3 Å². The highest BCUT2D eigenvalue weighted by molar-refractivity contribution is 7.17. The Bertz CT molecular complexity index is 702. The van der Waals surface area contributed by atoms with Crippen molar-refractivity contribution in [2.75, 3.05) is 0 Å². The van der Waals surface area contributed by atoms with Gasteiger partial charge in [-0.25, -0.2) is 9.78 Å². The van der Waals surface area contributed by atoms with Crippen LogP contribution in [-0.4, -0.2) is 28.0 Å². The Hall–Kier alpha value is -2.15. The highest BCUT2D eigenvalue weighted by atomic mass is 32.1. The van der Waals surface area contributed by atoms with Gasteiger partial charge < -0.3 is 14.8 Å². The topological polar surface area (TPSA) is 92.4 Å². The summed E-state index contributed by atoms with van der Waals surface area (Å²) in [5, 5.41) is 12.3. The van der Waals surface area contributed by atoms with Crippen molar-refractivity contribution in [3.8, 4) is 10.8 Å². The number of hydrogen-bond acceptors (Lipinski definition) is 5. The molecule has 1 atom stereocenters. The minimum absolute atomic E-state index is 0.207. The largest absolute Gasteiger partial charge is 0.480 e. The van der Waals surface area contributed by atoms with E-state index >= 15 is 0 Å². The average Bonchev–Trinajstić information content (AvgIpc) is 3.01. The molecule has 1 amide bonds. The number of hydrogen-bond donors (Lipinski definition) is 2. The van der Waals surface area contributed by atoms with E-state index in [0.717, 1.165) is 5.76 Å².